The number of rotatable bonds is 7. The second-order valence-corrected chi connectivity index (χ2v) is 6.23. The lowest BCUT2D eigenvalue weighted by Crippen LogP contribution is -2.30. The van der Waals surface area contributed by atoms with Gasteiger partial charge in [-0.1, -0.05) is 30.7 Å². The number of anilines is 1. The molecule has 0 aromatic heterocycles. The number of phenolic OH excluding ortho intramolecular Hbond substituents is 1. The van der Waals surface area contributed by atoms with E-state index in [1.54, 1.807) is 19.1 Å². The quantitative estimate of drug-likeness (QED) is 0.691. The highest BCUT2D eigenvalue weighted by atomic mass is 35.5. The smallest absolute Gasteiger partial charge is 0.339 e. The number of carbonyl (C=O) groups excluding carboxylic acids is 2. The van der Waals surface area contributed by atoms with Crippen LogP contribution in [-0.2, 0) is 16.0 Å². The molecule has 2 rings (SSSR count). The van der Waals surface area contributed by atoms with E-state index < -0.39 is 18.0 Å². The Morgan fingerprint density at radius 1 is 1.19 bits per heavy atom. The van der Waals surface area contributed by atoms with Crippen molar-refractivity contribution in [3.8, 4) is 11.5 Å². The van der Waals surface area contributed by atoms with E-state index >= 15 is 0 Å². The molecule has 27 heavy (non-hydrogen) atoms. The fraction of sp³-hybridized carbons (Fsp3) is 0.300. The van der Waals surface area contributed by atoms with Crippen LogP contribution in [0.15, 0.2) is 36.4 Å². The highest BCUT2D eigenvalue weighted by Crippen LogP contribution is 2.35. The van der Waals surface area contributed by atoms with E-state index in [9.17, 15) is 14.7 Å². The van der Waals surface area contributed by atoms with E-state index in [1.165, 1.54) is 19.1 Å². The molecule has 2 aromatic carbocycles. The van der Waals surface area contributed by atoms with Gasteiger partial charge < -0.3 is 19.9 Å². The standard InChI is InChI=1S/C20H22ClNO5/c1-4-13-6-8-15(9-7-13)22-19(24)12(3)27-20(25)14-10-16(21)18(23)17(11-14)26-5-2/h6-12,23H,4-5H2,1-3H3,(H,22,24)/t12-/m0/s1. The van der Waals surface area contributed by atoms with Crippen molar-refractivity contribution < 1.29 is 24.2 Å². The van der Waals surface area contributed by atoms with Crippen molar-refractivity contribution in [2.75, 3.05) is 11.9 Å². The third-order valence-corrected chi connectivity index (χ3v) is 4.13. The van der Waals surface area contributed by atoms with Crippen molar-refractivity contribution in [2.24, 2.45) is 0 Å². The summed E-state index contributed by atoms with van der Waals surface area (Å²) >= 11 is 5.91. The molecular weight excluding hydrogens is 370 g/mol. The Labute approximate surface area is 163 Å². The minimum absolute atomic E-state index is 0.0407. The second kappa shape index (κ2) is 9.28. The van der Waals surface area contributed by atoms with Crippen LogP contribution in [0.3, 0.4) is 0 Å². The summed E-state index contributed by atoms with van der Waals surface area (Å²) in [5, 5.41) is 12.5. The molecule has 0 aliphatic rings. The molecule has 0 heterocycles. The number of esters is 1. The highest BCUT2D eigenvalue weighted by molar-refractivity contribution is 6.32. The lowest BCUT2D eigenvalue weighted by Gasteiger charge is -2.15. The van der Waals surface area contributed by atoms with Gasteiger partial charge in [-0.05, 0) is 50.1 Å². The maximum atomic E-state index is 12.3. The van der Waals surface area contributed by atoms with Crippen molar-refractivity contribution in [3.63, 3.8) is 0 Å². The van der Waals surface area contributed by atoms with Crippen molar-refractivity contribution in [2.45, 2.75) is 33.3 Å². The number of hydrogen-bond acceptors (Lipinski definition) is 5. The van der Waals surface area contributed by atoms with Crippen LogP contribution in [0, 0.1) is 0 Å². The number of aromatic hydroxyl groups is 1. The second-order valence-electron chi connectivity index (χ2n) is 5.83. The molecule has 2 N–H and O–H groups in total. The van der Waals surface area contributed by atoms with Crippen LogP contribution in [0.5, 0.6) is 11.5 Å². The average molecular weight is 392 g/mol. The maximum Gasteiger partial charge on any atom is 0.339 e. The minimum atomic E-state index is -1.02. The summed E-state index contributed by atoms with van der Waals surface area (Å²) in [5.41, 5.74) is 1.85. The summed E-state index contributed by atoms with van der Waals surface area (Å²) < 4.78 is 10.4. The summed E-state index contributed by atoms with van der Waals surface area (Å²) in [4.78, 5) is 24.6. The molecule has 0 spiro atoms. The predicted octanol–water partition coefficient (Wildman–Crippen LogP) is 4.19. The number of nitrogens with one attached hydrogen (secondary N) is 1. The lowest BCUT2D eigenvalue weighted by molar-refractivity contribution is -0.123. The van der Waals surface area contributed by atoms with Crippen LogP contribution in [0.4, 0.5) is 5.69 Å². The Morgan fingerprint density at radius 3 is 2.44 bits per heavy atom. The van der Waals surface area contributed by atoms with Crippen molar-refractivity contribution >= 4 is 29.2 Å². The molecule has 0 radical (unpaired) electrons. The number of hydrogen-bond donors (Lipinski definition) is 2. The van der Waals surface area contributed by atoms with E-state index in [0.717, 1.165) is 12.0 Å². The third-order valence-electron chi connectivity index (χ3n) is 3.85. The van der Waals surface area contributed by atoms with Gasteiger partial charge in [-0.15, -0.1) is 0 Å². The fourth-order valence-corrected chi connectivity index (χ4v) is 2.52. The predicted molar refractivity (Wildman–Crippen MR) is 104 cm³/mol. The lowest BCUT2D eigenvalue weighted by atomic mass is 10.1. The summed E-state index contributed by atoms with van der Waals surface area (Å²) in [6.45, 7) is 5.54. The van der Waals surface area contributed by atoms with Gasteiger partial charge in [-0.3, -0.25) is 4.79 Å². The number of halogens is 1. The molecule has 7 heteroatoms. The summed E-state index contributed by atoms with van der Waals surface area (Å²) in [6, 6.07) is 10.00. The Balaban J connectivity index is 2.04. The first-order valence-electron chi connectivity index (χ1n) is 8.61. The van der Waals surface area contributed by atoms with Gasteiger partial charge in [0, 0.05) is 5.69 Å². The molecular formula is C20H22ClNO5. The van der Waals surface area contributed by atoms with Gasteiger partial charge in [0.1, 0.15) is 0 Å². The topological polar surface area (TPSA) is 84.9 Å². The Morgan fingerprint density at radius 2 is 1.85 bits per heavy atom. The van der Waals surface area contributed by atoms with Crippen molar-refractivity contribution in [3.05, 3.63) is 52.5 Å². The van der Waals surface area contributed by atoms with Crippen LogP contribution >= 0.6 is 11.6 Å². The molecule has 0 unspecified atom stereocenters. The largest absolute Gasteiger partial charge is 0.503 e. The minimum Gasteiger partial charge on any atom is -0.503 e. The average Bonchev–Trinajstić information content (AvgIpc) is 2.65. The number of ether oxygens (including phenoxy) is 2. The first-order valence-corrected chi connectivity index (χ1v) is 8.99. The Kier molecular flexibility index (Phi) is 7.07. The molecule has 6 nitrogen and oxygen atoms in total. The van der Waals surface area contributed by atoms with Crippen LogP contribution < -0.4 is 10.1 Å². The van der Waals surface area contributed by atoms with Crippen molar-refractivity contribution in [1.29, 1.82) is 0 Å². The third kappa shape index (κ3) is 5.37. The molecule has 0 aliphatic carbocycles. The van der Waals surface area contributed by atoms with Gasteiger partial charge >= 0.3 is 5.97 Å². The van der Waals surface area contributed by atoms with Gasteiger partial charge in [0.15, 0.2) is 17.6 Å². The van der Waals surface area contributed by atoms with Gasteiger partial charge in [0.2, 0.25) is 0 Å². The van der Waals surface area contributed by atoms with E-state index in [2.05, 4.69) is 5.32 Å². The SMILES string of the molecule is CCOc1cc(C(=O)O[C@@H](C)C(=O)Nc2ccc(CC)cc2)cc(Cl)c1O. The van der Waals surface area contributed by atoms with Gasteiger partial charge in [0.05, 0.1) is 17.2 Å². The normalized spacial score (nSPS) is 11.6. The molecule has 0 saturated carbocycles. The molecule has 0 saturated heterocycles. The van der Waals surface area contributed by atoms with E-state index in [0.29, 0.717) is 5.69 Å². The van der Waals surface area contributed by atoms with E-state index in [4.69, 9.17) is 21.1 Å². The summed E-state index contributed by atoms with van der Waals surface area (Å²) in [7, 11) is 0. The summed E-state index contributed by atoms with van der Waals surface area (Å²) in [6.07, 6.45) is -0.118. The van der Waals surface area contributed by atoms with Gasteiger partial charge in [-0.25, -0.2) is 4.79 Å². The van der Waals surface area contributed by atoms with Crippen LogP contribution in [0.25, 0.3) is 0 Å². The zero-order valence-corrected chi connectivity index (χ0v) is 16.2. The Hall–Kier alpha value is -2.73. The number of phenols is 1. The van der Waals surface area contributed by atoms with E-state index in [-0.39, 0.29) is 28.7 Å². The van der Waals surface area contributed by atoms with Crippen LogP contribution in [0.1, 0.15) is 36.7 Å². The van der Waals surface area contributed by atoms with Crippen molar-refractivity contribution in [1.82, 2.24) is 0 Å². The molecule has 0 bridgehead atoms. The molecule has 1 atom stereocenters. The summed E-state index contributed by atoms with van der Waals surface area (Å²) in [5.74, 6) is -1.38. The van der Waals surface area contributed by atoms with Crippen LogP contribution in [-0.4, -0.2) is 29.7 Å². The Bertz CT molecular complexity index is 820. The van der Waals surface area contributed by atoms with E-state index in [1.807, 2.05) is 19.1 Å². The molecule has 1 amide bonds. The molecule has 2 aromatic rings. The first-order chi connectivity index (χ1) is 12.8. The first kappa shape index (κ1) is 20.6. The monoisotopic (exact) mass is 391 g/mol. The maximum absolute atomic E-state index is 12.3. The van der Waals surface area contributed by atoms with Gasteiger partial charge in [-0.2, -0.15) is 0 Å². The zero-order valence-electron chi connectivity index (χ0n) is 15.4. The molecule has 144 valence electrons. The number of aryl methyl sites for hydroxylation is 1. The number of carbonyl (C=O) groups is 2. The highest BCUT2D eigenvalue weighted by Gasteiger charge is 2.21. The fourth-order valence-electron chi connectivity index (χ4n) is 2.31. The van der Waals surface area contributed by atoms with Gasteiger partial charge in [0.25, 0.3) is 5.91 Å². The van der Waals surface area contributed by atoms with Crippen LogP contribution in [0.2, 0.25) is 5.02 Å². The molecule has 0 fully saturated rings. The zero-order chi connectivity index (χ0) is 20.0. The molecule has 0 aliphatic heterocycles. The number of amides is 1. The number of benzene rings is 2.